The second-order valence-electron chi connectivity index (χ2n) is 5.00. The molecule has 3 amide bonds. The van der Waals surface area contributed by atoms with Crippen LogP contribution in [0.3, 0.4) is 0 Å². The van der Waals surface area contributed by atoms with Crippen LogP contribution in [0.15, 0.2) is 23.2 Å². The maximum Gasteiger partial charge on any atom is 0.261 e. The summed E-state index contributed by atoms with van der Waals surface area (Å²) in [6.07, 6.45) is 0. The number of benzene rings is 1. The SMILES string of the molecule is COCCN1C(=O)c2ccc(C(=O)NC3=NCCS3)cc2C1=O. The van der Waals surface area contributed by atoms with Crippen molar-refractivity contribution in [3.8, 4) is 0 Å². The summed E-state index contributed by atoms with van der Waals surface area (Å²) in [5.74, 6) is -0.244. The number of hydrogen-bond acceptors (Lipinski definition) is 6. The zero-order chi connectivity index (χ0) is 16.4. The number of hydrogen-bond donors (Lipinski definition) is 1. The Morgan fingerprint density at radius 3 is 2.83 bits per heavy atom. The van der Waals surface area contributed by atoms with Crippen molar-refractivity contribution in [2.75, 3.05) is 32.6 Å². The molecule has 0 atom stereocenters. The number of amidine groups is 1. The first-order valence-electron chi connectivity index (χ1n) is 7.09. The lowest BCUT2D eigenvalue weighted by molar-refractivity contribution is 0.0603. The Kier molecular flexibility index (Phi) is 4.44. The van der Waals surface area contributed by atoms with Crippen LogP contribution in [0, 0.1) is 0 Å². The third kappa shape index (κ3) is 2.99. The highest BCUT2D eigenvalue weighted by Gasteiger charge is 2.35. The van der Waals surface area contributed by atoms with E-state index in [1.54, 1.807) is 6.07 Å². The summed E-state index contributed by atoms with van der Waals surface area (Å²) in [7, 11) is 1.50. The standard InChI is InChI=1S/C15H15N3O4S/c1-22-6-5-18-13(20)10-3-2-9(8-11(10)14(18)21)12(19)17-15-16-4-7-23-15/h2-3,8H,4-7H2,1H3,(H,16,17,19). The molecule has 1 N–H and O–H groups in total. The van der Waals surface area contributed by atoms with Crippen molar-refractivity contribution < 1.29 is 19.1 Å². The van der Waals surface area contributed by atoms with Crippen molar-refractivity contribution in [3.63, 3.8) is 0 Å². The van der Waals surface area contributed by atoms with Gasteiger partial charge in [-0.3, -0.25) is 24.3 Å². The maximum atomic E-state index is 12.3. The molecule has 0 spiro atoms. The molecule has 120 valence electrons. The molecule has 2 aliphatic heterocycles. The third-order valence-corrected chi connectivity index (χ3v) is 4.45. The summed E-state index contributed by atoms with van der Waals surface area (Å²) >= 11 is 1.48. The Bertz CT molecular complexity index is 717. The smallest absolute Gasteiger partial charge is 0.261 e. The number of imide groups is 1. The topological polar surface area (TPSA) is 88.1 Å². The Morgan fingerprint density at radius 1 is 1.35 bits per heavy atom. The molecule has 2 heterocycles. The van der Waals surface area contributed by atoms with Crippen LogP contribution in [0.4, 0.5) is 0 Å². The van der Waals surface area contributed by atoms with Gasteiger partial charge in [-0.1, -0.05) is 11.8 Å². The number of methoxy groups -OCH3 is 1. The fraction of sp³-hybridized carbons (Fsp3) is 0.333. The third-order valence-electron chi connectivity index (χ3n) is 3.56. The lowest BCUT2D eigenvalue weighted by Gasteiger charge is -2.12. The fourth-order valence-electron chi connectivity index (χ4n) is 2.40. The van der Waals surface area contributed by atoms with Gasteiger partial charge in [0, 0.05) is 18.4 Å². The number of carbonyl (C=O) groups excluding carboxylic acids is 3. The van der Waals surface area contributed by atoms with E-state index in [4.69, 9.17) is 4.74 Å². The quantitative estimate of drug-likeness (QED) is 0.822. The molecule has 8 heteroatoms. The molecule has 0 bridgehead atoms. The van der Waals surface area contributed by atoms with Crippen LogP contribution >= 0.6 is 11.8 Å². The normalized spacial score (nSPS) is 16.6. The molecule has 1 aromatic rings. The van der Waals surface area contributed by atoms with E-state index >= 15 is 0 Å². The van der Waals surface area contributed by atoms with Crippen LogP contribution in [0.5, 0.6) is 0 Å². The van der Waals surface area contributed by atoms with E-state index in [0.717, 1.165) is 10.7 Å². The van der Waals surface area contributed by atoms with Crippen LogP contribution in [-0.2, 0) is 4.74 Å². The molecular formula is C15H15N3O4S. The van der Waals surface area contributed by atoms with Gasteiger partial charge in [-0.2, -0.15) is 0 Å². The number of fused-ring (bicyclic) bond motifs is 1. The van der Waals surface area contributed by atoms with E-state index in [-0.39, 0.29) is 30.5 Å². The summed E-state index contributed by atoms with van der Waals surface area (Å²) in [5.41, 5.74) is 0.892. The van der Waals surface area contributed by atoms with Gasteiger partial charge in [-0.15, -0.1) is 0 Å². The summed E-state index contributed by atoms with van der Waals surface area (Å²) < 4.78 is 4.91. The number of aliphatic imine (C=N–C) groups is 1. The van der Waals surface area contributed by atoms with Crippen LogP contribution in [0.1, 0.15) is 31.1 Å². The molecule has 0 fully saturated rings. The van der Waals surface area contributed by atoms with Gasteiger partial charge in [0.2, 0.25) is 0 Å². The van der Waals surface area contributed by atoms with Gasteiger partial charge in [0.1, 0.15) is 0 Å². The largest absolute Gasteiger partial charge is 0.383 e. The molecule has 3 rings (SSSR count). The molecule has 0 aromatic heterocycles. The highest BCUT2D eigenvalue weighted by atomic mass is 32.2. The zero-order valence-corrected chi connectivity index (χ0v) is 13.3. The number of carbonyl (C=O) groups is 3. The molecule has 0 saturated carbocycles. The first-order valence-corrected chi connectivity index (χ1v) is 8.08. The minimum atomic E-state index is -0.399. The van der Waals surface area contributed by atoms with E-state index < -0.39 is 5.91 Å². The Hall–Kier alpha value is -2.19. The van der Waals surface area contributed by atoms with Gasteiger partial charge in [0.15, 0.2) is 5.17 Å². The van der Waals surface area contributed by atoms with Gasteiger partial charge >= 0.3 is 0 Å². The Morgan fingerprint density at radius 2 is 2.13 bits per heavy atom. The number of rotatable bonds is 4. The average Bonchev–Trinajstić information content (AvgIpc) is 3.14. The van der Waals surface area contributed by atoms with Crippen molar-refractivity contribution in [1.29, 1.82) is 0 Å². The molecule has 23 heavy (non-hydrogen) atoms. The Labute approximate surface area is 137 Å². The lowest BCUT2D eigenvalue weighted by atomic mass is 10.1. The van der Waals surface area contributed by atoms with Crippen molar-refractivity contribution in [2.24, 2.45) is 4.99 Å². The predicted molar refractivity (Wildman–Crippen MR) is 85.9 cm³/mol. The summed E-state index contributed by atoms with van der Waals surface area (Å²) in [5, 5.41) is 3.29. The van der Waals surface area contributed by atoms with Crippen LogP contribution in [0.25, 0.3) is 0 Å². The van der Waals surface area contributed by atoms with Crippen molar-refractivity contribution in [3.05, 3.63) is 34.9 Å². The van der Waals surface area contributed by atoms with E-state index in [1.165, 1.54) is 31.0 Å². The minimum absolute atomic E-state index is 0.192. The molecule has 7 nitrogen and oxygen atoms in total. The summed E-state index contributed by atoms with van der Waals surface area (Å²) in [6, 6.07) is 4.51. The van der Waals surface area contributed by atoms with Crippen LogP contribution < -0.4 is 5.32 Å². The van der Waals surface area contributed by atoms with Crippen molar-refractivity contribution in [1.82, 2.24) is 10.2 Å². The minimum Gasteiger partial charge on any atom is -0.383 e. The van der Waals surface area contributed by atoms with Gasteiger partial charge in [-0.25, -0.2) is 0 Å². The second kappa shape index (κ2) is 6.51. The molecular weight excluding hydrogens is 318 g/mol. The average molecular weight is 333 g/mol. The van der Waals surface area contributed by atoms with Crippen LogP contribution in [0.2, 0.25) is 0 Å². The summed E-state index contributed by atoms with van der Waals surface area (Å²) in [6.45, 7) is 1.15. The molecule has 2 aliphatic rings. The first-order chi connectivity index (χ1) is 11.1. The number of nitrogens with zero attached hydrogens (tertiary/aromatic N) is 2. The molecule has 1 aromatic carbocycles. The van der Waals surface area contributed by atoms with E-state index in [2.05, 4.69) is 10.3 Å². The second-order valence-corrected chi connectivity index (χ2v) is 6.09. The zero-order valence-electron chi connectivity index (χ0n) is 12.5. The Balaban J connectivity index is 1.81. The number of ether oxygens (including phenoxy) is 1. The molecule has 0 radical (unpaired) electrons. The van der Waals surface area contributed by atoms with Gasteiger partial charge in [-0.05, 0) is 18.2 Å². The lowest BCUT2D eigenvalue weighted by Crippen LogP contribution is -2.32. The van der Waals surface area contributed by atoms with E-state index in [9.17, 15) is 14.4 Å². The fourth-order valence-corrected chi connectivity index (χ4v) is 3.12. The summed E-state index contributed by atoms with van der Waals surface area (Å²) in [4.78, 5) is 42.0. The van der Waals surface area contributed by atoms with Crippen molar-refractivity contribution >= 4 is 34.7 Å². The van der Waals surface area contributed by atoms with Gasteiger partial charge in [0.25, 0.3) is 17.7 Å². The predicted octanol–water partition coefficient (Wildman–Crippen LogP) is 0.762. The van der Waals surface area contributed by atoms with E-state index in [0.29, 0.717) is 22.8 Å². The molecule has 0 aliphatic carbocycles. The maximum absolute atomic E-state index is 12.3. The molecule has 0 saturated heterocycles. The van der Waals surface area contributed by atoms with Gasteiger partial charge in [0.05, 0.1) is 30.8 Å². The monoisotopic (exact) mass is 333 g/mol. The number of nitrogens with one attached hydrogen (secondary N) is 1. The van der Waals surface area contributed by atoms with E-state index in [1.807, 2.05) is 0 Å². The highest BCUT2D eigenvalue weighted by Crippen LogP contribution is 2.24. The number of thioether (sulfide) groups is 1. The first kappa shape index (κ1) is 15.7. The molecule has 0 unspecified atom stereocenters. The van der Waals surface area contributed by atoms with Gasteiger partial charge < -0.3 is 10.1 Å². The highest BCUT2D eigenvalue weighted by molar-refractivity contribution is 8.14. The number of amides is 3. The van der Waals surface area contributed by atoms with Crippen LogP contribution in [-0.4, -0.2) is 60.3 Å². The van der Waals surface area contributed by atoms with Crippen molar-refractivity contribution in [2.45, 2.75) is 0 Å².